The van der Waals surface area contributed by atoms with Gasteiger partial charge in [-0.3, -0.25) is 4.79 Å². The summed E-state index contributed by atoms with van der Waals surface area (Å²) in [7, 11) is 0. The lowest BCUT2D eigenvalue weighted by atomic mass is 9.75. The van der Waals surface area contributed by atoms with E-state index in [1.54, 1.807) is 0 Å². The fourth-order valence-electron chi connectivity index (χ4n) is 3.93. The van der Waals surface area contributed by atoms with E-state index in [-0.39, 0.29) is 5.91 Å². The maximum atomic E-state index is 11.2. The number of carbonyl (C=O) groups excluding carboxylic acids is 1. The highest BCUT2D eigenvalue weighted by Gasteiger charge is 2.44. The van der Waals surface area contributed by atoms with Gasteiger partial charge in [0.25, 0.3) is 0 Å². The summed E-state index contributed by atoms with van der Waals surface area (Å²) in [6, 6.07) is 1.12. The van der Waals surface area contributed by atoms with Crippen LogP contribution in [0.2, 0.25) is 0 Å². The molecule has 18 heavy (non-hydrogen) atoms. The first-order valence-electron chi connectivity index (χ1n) is 7.39. The van der Waals surface area contributed by atoms with E-state index in [0.29, 0.717) is 23.9 Å². The molecule has 0 aromatic heterocycles. The van der Waals surface area contributed by atoms with E-state index >= 15 is 0 Å². The number of ether oxygens (including phenoxy) is 1. The minimum Gasteiger partial charge on any atom is -0.381 e. The highest BCUT2D eigenvalue weighted by molar-refractivity contribution is 5.76. The fraction of sp³-hybridized carbons (Fsp3) is 0.929. The summed E-state index contributed by atoms with van der Waals surface area (Å²) in [6.07, 6.45) is 8.09. The van der Waals surface area contributed by atoms with Gasteiger partial charge in [0.1, 0.15) is 0 Å². The van der Waals surface area contributed by atoms with Gasteiger partial charge in [-0.1, -0.05) is 6.42 Å². The number of piperidine rings is 1. The van der Waals surface area contributed by atoms with Crippen LogP contribution in [0.1, 0.15) is 44.9 Å². The highest BCUT2D eigenvalue weighted by atomic mass is 16.5. The summed E-state index contributed by atoms with van der Waals surface area (Å²) in [4.78, 5) is 11.2. The van der Waals surface area contributed by atoms with Gasteiger partial charge in [0, 0.05) is 38.3 Å². The van der Waals surface area contributed by atoms with E-state index in [1.165, 1.54) is 32.1 Å². The van der Waals surface area contributed by atoms with Gasteiger partial charge >= 0.3 is 0 Å². The number of amides is 1. The normalized spacial score (nSPS) is 35.7. The summed E-state index contributed by atoms with van der Waals surface area (Å²) in [6.45, 7) is 2.67. The Labute approximate surface area is 109 Å². The van der Waals surface area contributed by atoms with E-state index in [2.05, 4.69) is 10.6 Å². The topological polar surface area (TPSA) is 50.4 Å². The molecule has 2 unspecified atom stereocenters. The van der Waals surface area contributed by atoms with Gasteiger partial charge in [-0.25, -0.2) is 0 Å². The molecule has 0 bridgehead atoms. The molecule has 1 amide bonds. The molecule has 0 radical (unpaired) electrons. The van der Waals surface area contributed by atoms with Crippen molar-refractivity contribution in [1.82, 2.24) is 10.6 Å². The SMILES string of the molecule is O=C1CCC(NC2CCCC23CCOCC3)CN1. The zero-order valence-electron chi connectivity index (χ0n) is 11.0. The molecule has 102 valence electrons. The molecule has 3 fully saturated rings. The predicted octanol–water partition coefficient (Wildman–Crippen LogP) is 1.20. The Balaban J connectivity index is 1.59. The first kappa shape index (κ1) is 12.4. The summed E-state index contributed by atoms with van der Waals surface area (Å²) in [5.41, 5.74) is 0.486. The predicted molar refractivity (Wildman–Crippen MR) is 69.3 cm³/mol. The van der Waals surface area contributed by atoms with Crippen LogP contribution in [0.4, 0.5) is 0 Å². The van der Waals surface area contributed by atoms with Crippen molar-refractivity contribution in [3.05, 3.63) is 0 Å². The van der Waals surface area contributed by atoms with Crippen LogP contribution < -0.4 is 10.6 Å². The number of nitrogens with one attached hydrogen (secondary N) is 2. The second kappa shape index (κ2) is 5.17. The molecule has 4 heteroatoms. The highest BCUT2D eigenvalue weighted by Crippen LogP contribution is 2.46. The zero-order chi connectivity index (χ0) is 12.4. The lowest BCUT2D eigenvalue weighted by Crippen LogP contribution is -2.53. The lowest BCUT2D eigenvalue weighted by molar-refractivity contribution is -0.122. The fourth-order valence-corrected chi connectivity index (χ4v) is 3.93. The molecule has 2 N–H and O–H groups in total. The van der Waals surface area contributed by atoms with Gasteiger partial charge in [-0.2, -0.15) is 0 Å². The van der Waals surface area contributed by atoms with Crippen molar-refractivity contribution in [2.45, 2.75) is 57.0 Å². The van der Waals surface area contributed by atoms with Crippen LogP contribution in [0, 0.1) is 5.41 Å². The largest absolute Gasteiger partial charge is 0.381 e. The molecule has 2 atom stereocenters. The van der Waals surface area contributed by atoms with Crippen molar-refractivity contribution in [3.8, 4) is 0 Å². The summed E-state index contributed by atoms with van der Waals surface area (Å²) in [5, 5.41) is 6.80. The van der Waals surface area contributed by atoms with Crippen molar-refractivity contribution in [2.24, 2.45) is 5.41 Å². The van der Waals surface area contributed by atoms with Crippen molar-refractivity contribution in [2.75, 3.05) is 19.8 Å². The Morgan fingerprint density at radius 1 is 1.22 bits per heavy atom. The van der Waals surface area contributed by atoms with Crippen LogP contribution in [-0.4, -0.2) is 37.7 Å². The van der Waals surface area contributed by atoms with E-state index in [0.717, 1.165) is 26.2 Å². The molecular weight excluding hydrogens is 228 g/mol. The standard InChI is InChI=1S/C14H24N2O2/c17-13-4-3-11(10-15-13)16-12-2-1-5-14(12)6-8-18-9-7-14/h11-12,16H,1-10H2,(H,15,17). The smallest absolute Gasteiger partial charge is 0.220 e. The Morgan fingerprint density at radius 2 is 2.06 bits per heavy atom. The minimum atomic E-state index is 0.209. The van der Waals surface area contributed by atoms with Gasteiger partial charge in [0.05, 0.1) is 0 Å². The Bertz CT molecular complexity index is 303. The van der Waals surface area contributed by atoms with Gasteiger partial charge in [-0.05, 0) is 37.5 Å². The van der Waals surface area contributed by atoms with E-state index in [4.69, 9.17) is 4.74 Å². The van der Waals surface area contributed by atoms with E-state index in [1.807, 2.05) is 0 Å². The summed E-state index contributed by atoms with van der Waals surface area (Å²) < 4.78 is 5.52. The number of rotatable bonds is 2. The third kappa shape index (κ3) is 2.41. The molecule has 0 aromatic carbocycles. The number of hydrogen-bond donors (Lipinski definition) is 2. The second-order valence-corrected chi connectivity index (χ2v) is 6.13. The average molecular weight is 252 g/mol. The Morgan fingerprint density at radius 3 is 2.78 bits per heavy atom. The maximum absolute atomic E-state index is 11.2. The van der Waals surface area contributed by atoms with Crippen LogP contribution in [0.25, 0.3) is 0 Å². The second-order valence-electron chi connectivity index (χ2n) is 6.13. The van der Waals surface area contributed by atoms with Gasteiger partial charge < -0.3 is 15.4 Å². The molecule has 0 aromatic rings. The van der Waals surface area contributed by atoms with E-state index in [9.17, 15) is 4.79 Å². The first-order chi connectivity index (χ1) is 8.78. The third-order valence-corrected chi connectivity index (χ3v) is 5.10. The molecular formula is C14H24N2O2. The van der Waals surface area contributed by atoms with Crippen molar-refractivity contribution in [3.63, 3.8) is 0 Å². The monoisotopic (exact) mass is 252 g/mol. The Kier molecular flexibility index (Phi) is 3.57. The zero-order valence-corrected chi connectivity index (χ0v) is 11.0. The summed E-state index contributed by atoms with van der Waals surface area (Å²) in [5.74, 6) is 0.209. The maximum Gasteiger partial charge on any atom is 0.220 e. The molecule has 1 aliphatic carbocycles. The van der Waals surface area contributed by atoms with E-state index < -0.39 is 0 Å². The average Bonchev–Trinajstić information content (AvgIpc) is 2.76. The molecule has 1 saturated carbocycles. The van der Waals surface area contributed by atoms with Crippen molar-refractivity contribution < 1.29 is 9.53 Å². The van der Waals surface area contributed by atoms with Crippen LogP contribution in [0.5, 0.6) is 0 Å². The number of hydrogen-bond acceptors (Lipinski definition) is 3. The van der Waals surface area contributed by atoms with Gasteiger partial charge in [0.15, 0.2) is 0 Å². The molecule has 2 heterocycles. The van der Waals surface area contributed by atoms with Crippen molar-refractivity contribution >= 4 is 5.91 Å². The molecule has 4 nitrogen and oxygen atoms in total. The molecule has 2 saturated heterocycles. The first-order valence-corrected chi connectivity index (χ1v) is 7.39. The quantitative estimate of drug-likeness (QED) is 0.776. The van der Waals surface area contributed by atoms with Gasteiger partial charge in [-0.15, -0.1) is 0 Å². The molecule has 3 rings (SSSR count). The number of carbonyl (C=O) groups is 1. The van der Waals surface area contributed by atoms with Crippen LogP contribution in [0.3, 0.4) is 0 Å². The third-order valence-electron chi connectivity index (χ3n) is 5.10. The minimum absolute atomic E-state index is 0.209. The van der Waals surface area contributed by atoms with Crippen LogP contribution in [-0.2, 0) is 9.53 Å². The Hall–Kier alpha value is -0.610. The molecule has 1 spiro atoms. The molecule has 2 aliphatic heterocycles. The van der Waals surface area contributed by atoms with Gasteiger partial charge in [0.2, 0.25) is 5.91 Å². The van der Waals surface area contributed by atoms with Crippen LogP contribution in [0.15, 0.2) is 0 Å². The summed E-state index contributed by atoms with van der Waals surface area (Å²) >= 11 is 0. The van der Waals surface area contributed by atoms with Crippen molar-refractivity contribution in [1.29, 1.82) is 0 Å². The lowest BCUT2D eigenvalue weighted by Gasteiger charge is -2.41. The van der Waals surface area contributed by atoms with Crippen LogP contribution >= 0.6 is 0 Å². The molecule has 3 aliphatic rings.